The van der Waals surface area contributed by atoms with Gasteiger partial charge in [-0.3, -0.25) is 0 Å². The van der Waals surface area contributed by atoms with E-state index in [1.807, 2.05) is 30.3 Å². The van der Waals surface area contributed by atoms with Gasteiger partial charge in [0.1, 0.15) is 12.6 Å². The predicted molar refractivity (Wildman–Crippen MR) is 77.5 cm³/mol. The molecular formula is C14H21N3O4. The number of carbonyl (C=O) groups excluding carboxylic acids is 2. The minimum absolute atomic E-state index is 0.136. The standard InChI is InChI=1S/C14H21N3O4/c1-20-13(18)12(9-16-8-7-15)17-14(19)21-10-11-5-3-2-4-6-11/h2-6,12,16H,7-10,15H2,1H3,(H,17,19)/t12-/m0/s1. The summed E-state index contributed by atoms with van der Waals surface area (Å²) in [4.78, 5) is 23.2. The molecule has 1 aromatic rings. The number of alkyl carbamates (subject to hydrolysis) is 1. The largest absolute Gasteiger partial charge is 0.467 e. The first-order valence-corrected chi connectivity index (χ1v) is 6.63. The lowest BCUT2D eigenvalue weighted by Gasteiger charge is -2.16. The molecule has 0 radical (unpaired) electrons. The van der Waals surface area contributed by atoms with Crippen LogP contribution in [0, 0.1) is 0 Å². The van der Waals surface area contributed by atoms with Gasteiger partial charge in [-0.1, -0.05) is 30.3 Å². The smallest absolute Gasteiger partial charge is 0.408 e. The van der Waals surface area contributed by atoms with E-state index in [0.717, 1.165) is 5.56 Å². The van der Waals surface area contributed by atoms with Crippen LogP contribution < -0.4 is 16.4 Å². The van der Waals surface area contributed by atoms with Crippen LogP contribution in [-0.4, -0.2) is 44.8 Å². The van der Waals surface area contributed by atoms with Crippen molar-refractivity contribution in [2.45, 2.75) is 12.6 Å². The summed E-state index contributed by atoms with van der Waals surface area (Å²) in [6, 6.07) is 8.45. The summed E-state index contributed by atoms with van der Waals surface area (Å²) in [5.41, 5.74) is 6.21. The van der Waals surface area contributed by atoms with Crippen LogP contribution in [-0.2, 0) is 20.9 Å². The summed E-state index contributed by atoms with van der Waals surface area (Å²) in [5.74, 6) is -0.545. The SMILES string of the molecule is COC(=O)[C@H](CNCCN)NC(=O)OCc1ccccc1. The summed E-state index contributed by atoms with van der Waals surface area (Å²) < 4.78 is 9.68. The molecule has 116 valence electrons. The molecule has 7 nitrogen and oxygen atoms in total. The number of hydrogen-bond acceptors (Lipinski definition) is 6. The number of benzene rings is 1. The molecule has 0 unspecified atom stereocenters. The third-order valence-electron chi connectivity index (χ3n) is 2.66. The first-order chi connectivity index (χ1) is 10.2. The molecule has 0 saturated carbocycles. The lowest BCUT2D eigenvalue weighted by Crippen LogP contribution is -2.48. The molecule has 0 aliphatic rings. The van der Waals surface area contributed by atoms with Crippen LogP contribution in [0.15, 0.2) is 30.3 Å². The van der Waals surface area contributed by atoms with Crippen molar-refractivity contribution >= 4 is 12.1 Å². The fourth-order valence-electron chi connectivity index (χ4n) is 1.59. The number of nitrogens with two attached hydrogens (primary N) is 1. The molecule has 0 aliphatic heterocycles. The Balaban J connectivity index is 2.41. The number of carbonyl (C=O) groups is 2. The molecule has 0 saturated heterocycles. The molecule has 1 atom stereocenters. The van der Waals surface area contributed by atoms with E-state index in [4.69, 9.17) is 10.5 Å². The zero-order valence-corrected chi connectivity index (χ0v) is 12.0. The van der Waals surface area contributed by atoms with Crippen molar-refractivity contribution < 1.29 is 19.1 Å². The number of amides is 1. The van der Waals surface area contributed by atoms with Gasteiger partial charge in [0, 0.05) is 19.6 Å². The number of hydrogen-bond donors (Lipinski definition) is 3. The molecule has 0 heterocycles. The molecule has 0 spiro atoms. The zero-order valence-electron chi connectivity index (χ0n) is 12.0. The van der Waals surface area contributed by atoms with Crippen LogP contribution in [0.4, 0.5) is 4.79 Å². The average Bonchev–Trinajstić information content (AvgIpc) is 2.52. The second kappa shape index (κ2) is 9.73. The minimum Gasteiger partial charge on any atom is -0.467 e. The second-order valence-corrected chi connectivity index (χ2v) is 4.27. The van der Waals surface area contributed by atoms with E-state index in [1.54, 1.807) is 0 Å². The Labute approximate surface area is 123 Å². The maximum absolute atomic E-state index is 11.7. The topological polar surface area (TPSA) is 103 Å². The van der Waals surface area contributed by atoms with Gasteiger partial charge in [-0.05, 0) is 5.56 Å². The van der Waals surface area contributed by atoms with E-state index < -0.39 is 18.1 Å². The summed E-state index contributed by atoms with van der Waals surface area (Å²) in [7, 11) is 1.26. The second-order valence-electron chi connectivity index (χ2n) is 4.27. The minimum atomic E-state index is -0.815. The third kappa shape index (κ3) is 6.73. The highest BCUT2D eigenvalue weighted by Gasteiger charge is 2.21. The zero-order chi connectivity index (χ0) is 15.5. The van der Waals surface area contributed by atoms with Crippen molar-refractivity contribution in [3.05, 3.63) is 35.9 Å². The van der Waals surface area contributed by atoms with E-state index >= 15 is 0 Å². The molecule has 21 heavy (non-hydrogen) atoms. The van der Waals surface area contributed by atoms with E-state index in [2.05, 4.69) is 15.4 Å². The van der Waals surface area contributed by atoms with E-state index in [1.165, 1.54) is 7.11 Å². The Morgan fingerprint density at radius 1 is 1.29 bits per heavy atom. The van der Waals surface area contributed by atoms with Crippen molar-refractivity contribution in [3.63, 3.8) is 0 Å². The monoisotopic (exact) mass is 295 g/mol. The van der Waals surface area contributed by atoms with Gasteiger partial charge in [0.25, 0.3) is 0 Å². The Morgan fingerprint density at radius 2 is 2.00 bits per heavy atom. The Hall–Kier alpha value is -2.12. The Morgan fingerprint density at radius 3 is 2.62 bits per heavy atom. The van der Waals surface area contributed by atoms with Gasteiger partial charge in [-0.2, -0.15) is 0 Å². The molecule has 4 N–H and O–H groups in total. The normalized spacial score (nSPS) is 11.5. The van der Waals surface area contributed by atoms with Crippen molar-refractivity contribution in [2.24, 2.45) is 5.73 Å². The number of ether oxygens (including phenoxy) is 2. The molecule has 1 rings (SSSR count). The maximum Gasteiger partial charge on any atom is 0.408 e. The highest BCUT2D eigenvalue weighted by atomic mass is 16.6. The first kappa shape index (κ1) is 16.9. The molecule has 1 aromatic carbocycles. The molecule has 0 fully saturated rings. The summed E-state index contributed by atoms with van der Waals surface area (Å²) in [5, 5.41) is 5.39. The van der Waals surface area contributed by atoms with Crippen LogP contribution in [0.3, 0.4) is 0 Å². The van der Waals surface area contributed by atoms with Gasteiger partial charge in [0.15, 0.2) is 0 Å². The van der Waals surface area contributed by atoms with Crippen LogP contribution in [0.1, 0.15) is 5.56 Å². The molecule has 0 aliphatic carbocycles. The number of esters is 1. The predicted octanol–water partition coefficient (Wildman–Crippen LogP) is 0.00270. The van der Waals surface area contributed by atoms with Crippen LogP contribution in [0.25, 0.3) is 0 Å². The molecular weight excluding hydrogens is 274 g/mol. The van der Waals surface area contributed by atoms with Gasteiger partial charge >= 0.3 is 12.1 Å². The first-order valence-electron chi connectivity index (χ1n) is 6.63. The van der Waals surface area contributed by atoms with Crippen molar-refractivity contribution in [3.8, 4) is 0 Å². The highest BCUT2D eigenvalue weighted by Crippen LogP contribution is 2.00. The van der Waals surface area contributed by atoms with E-state index in [0.29, 0.717) is 13.1 Å². The molecule has 0 aromatic heterocycles. The number of methoxy groups -OCH3 is 1. The van der Waals surface area contributed by atoms with Gasteiger partial charge in [-0.15, -0.1) is 0 Å². The third-order valence-corrected chi connectivity index (χ3v) is 2.66. The van der Waals surface area contributed by atoms with Crippen molar-refractivity contribution in [1.82, 2.24) is 10.6 Å². The summed E-state index contributed by atoms with van der Waals surface area (Å²) in [6.07, 6.45) is -0.677. The lowest BCUT2D eigenvalue weighted by atomic mass is 10.2. The molecule has 0 bridgehead atoms. The molecule has 7 heteroatoms. The van der Waals surface area contributed by atoms with Gasteiger partial charge in [-0.25, -0.2) is 9.59 Å². The van der Waals surface area contributed by atoms with Crippen LogP contribution >= 0.6 is 0 Å². The van der Waals surface area contributed by atoms with Crippen LogP contribution in [0.5, 0.6) is 0 Å². The number of nitrogens with one attached hydrogen (secondary N) is 2. The number of rotatable bonds is 8. The average molecular weight is 295 g/mol. The van der Waals surface area contributed by atoms with Crippen LogP contribution in [0.2, 0.25) is 0 Å². The highest BCUT2D eigenvalue weighted by molar-refractivity contribution is 5.81. The Bertz CT molecular complexity index is 439. The fraction of sp³-hybridized carbons (Fsp3) is 0.429. The maximum atomic E-state index is 11.7. The van der Waals surface area contributed by atoms with Gasteiger partial charge in [0.2, 0.25) is 0 Å². The van der Waals surface area contributed by atoms with Gasteiger partial charge < -0.3 is 25.8 Å². The van der Waals surface area contributed by atoms with E-state index in [9.17, 15) is 9.59 Å². The Kier molecular flexibility index (Phi) is 7.85. The lowest BCUT2D eigenvalue weighted by molar-refractivity contribution is -0.142. The van der Waals surface area contributed by atoms with Crippen molar-refractivity contribution in [2.75, 3.05) is 26.7 Å². The summed E-state index contributed by atoms with van der Waals surface area (Å²) >= 11 is 0. The van der Waals surface area contributed by atoms with Crippen molar-refractivity contribution in [1.29, 1.82) is 0 Å². The van der Waals surface area contributed by atoms with Gasteiger partial charge in [0.05, 0.1) is 7.11 Å². The quantitative estimate of drug-likeness (QED) is 0.461. The molecule has 1 amide bonds. The van der Waals surface area contributed by atoms with E-state index in [-0.39, 0.29) is 13.2 Å². The summed E-state index contributed by atoms with van der Waals surface area (Å²) in [6.45, 7) is 1.34. The fourth-order valence-corrected chi connectivity index (χ4v) is 1.59.